The van der Waals surface area contributed by atoms with E-state index in [-0.39, 0.29) is 24.2 Å². The zero-order chi connectivity index (χ0) is 15.5. The van der Waals surface area contributed by atoms with Crippen LogP contribution in [0.4, 0.5) is 0 Å². The first-order chi connectivity index (χ1) is 10.6. The third kappa shape index (κ3) is 2.88. The van der Waals surface area contributed by atoms with E-state index in [0.29, 0.717) is 16.7 Å². The van der Waals surface area contributed by atoms with Gasteiger partial charge in [0.25, 0.3) is 5.91 Å². The topological polar surface area (TPSA) is 104 Å². The van der Waals surface area contributed by atoms with E-state index in [1.807, 2.05) is 0 Å². The number of hydrogen-bond acceptors (Lipinski definition) is 4. The number of para-hydroxylation sites is 1. The van der Waals surface area contributed by atoms with Gasteiger partial charge in [-0.15, -0.1) is 0 Å². The van der Waals surface area contributed by atoms with E-state index in [2.05, 4.69) is 15.5 Å². The standard InChI is InChI=1S/C15H17N3O4/c19-12(16-9-4-1-2-5-9)8-22-11-7-3-6-10-13(11)17-18-14(10)15(20)21/h3,6-7,9H,1-2,4-5,8H2,(H,16,19)(H,17,18)(H,20,21). The van der Waals surface area contributed by atoms with Gasteiger partial charge in [-0.2, -0.15) is 5.10 Å². The van der Waals surface area contributed by atoms with Crippen LogP contribution in [-0.4, -0.2) is 39.8 Å². The third-order valence-electron chi connectivity index (χ3n) is 3.84. The van der Waals surface area contributed by atoms with Crippen LogP contribution < -0.4 is 10.1 Å². The molecule has 1 saturated carbocycles. The number of nitrogens with one attached hydrogen (secondary N) is 2. The number of benzene rings is 1. The number of carbonyl (C=O) groups excluding carboxylic acids is 1. The van der Waals surface area contributed by atoms with Crippen LogP contribution in [-0.2, 0) is 4.79 Å². The fraction of sp³-hybridized carbons (Fsp3) is 0.400. The molecule has 1 heterocycles. The molecule has 0 saturated heterocycles. The van der Waals surface area contributed by atoms with Crippen LogP contribution in [0.25, 0.3) is 10.9 Å². The minimum absolute atomic E-state index is 0.0594. The molecule has 1 aliphatic rings. The van der Waals surface area contributed by atoms with Gasteiger partial charge in [-0.25, -0.2) is 4.79 Å². The number of rotatable bonds is 5. The number of amides is 1. The van der Waals surface area contributed by atoms with Gasteiger partial charge in [0.1, 0.15) is 11.3 Å². The molecular weight excluding hydrogens is 286 g/mol. The number of carboxylic acids is 1. The molecule has 1 amide bonds. The highest BCUT2D eigenvalue weighted by molar-refractivity contribution is 6.02. The van der Waals surface area contributed by atoms with E-state index in [0.717, 1.165) is 25.7 Å². The maximum atomic E-state index is 11.9. The van der Waals surface area contributed by atoms with Crippen LogP contribution >= 0.6 is 0 Å². The summed E-state index contributed by atoms with van der Waals surface area (Å²) >= 11 is 0. The summed E-state index contributed by atoms with van der Waals surface area (Å²) in [6, 6.07) is 5.25. The van der Waals surface area contributed by atoms with E-state index in [1.54, 1.807) is 18.2 Å². The number of nitrogens with zero attached hydrogens (tertiary/aromatic N) is 1. The molecule has 1 aromatic carbocycles. The second-order valence-electron chi connectivity index (χ2n) is 5.39. The number of carboxylic acid groups (broad SMARTS) is 1. The molecule has 1 aliphatic carbocycles. The fourth-order valence-corrected chi connectivity index (χ4v) is 2.78. The average Bonchev–Trinajstić information content (AvgIpc) is 3.13. The lowest BCUT2D eigenvalue weighted by atomic mass is 10.2. The van der Waals surface area contributed by atoms with Gasteiger partial charge in [-0.1, -0.05) is 25.0 Å². The molecule has 0 aliphatic heterocycles. The first-order valence-corrected chi connectivity index (χ1v) is 7.27. The molecule has 7 heteroatoms. The Morgan fingerprint density at radius 1 is 1.36 bits per heavy atom. The summed E-state index contributed by atoms with van der Waals surface area (Å²) in [6.45, 7) is -0.100. The van der Waals surface area contributed by atoms with Crippen molar-refractivity contribution in [3.8, 4) is 5.75 Å². The fourth-order valence-electron chi connectivity index (χ4n) is 2.78. The number of hydrogen-bond donors (Lipinski definition) is 3. The van der Waals surface area contributed by atoms with E-state index < -0.39 is 5.97 Å². The van der Waals surface area contributed by atoms with Crippen molar-refractivity contribution in [2.75, 3.05) is 6.61 Å². The van der Waals surface area contributed by atoms with E-state index in [4.69, 9.17) is 9.84 Å². The van der Waals surface area contributed by atoms with Gasteiger partial charge in [0.15, 0.2) is 12.3 Å². The predicted molar refractivity (Wildman–Crippen MR) is 78.9 cm³/mol. The molecule has 1 fully saturated rings. The number of fused-ring (bicyclic) bond motifs is 1. The van der Waals surface area contributed by atoms with Crippen molar-refractivity contribution in [3.05, 3.63) is 23.9 Å². The summed E-state index contributed by atoms with van der Waals surface area (Å²) in [5.41, 5.74) is 0.421. The van der Waals surface area contributed by atoms with Gasteiger partial charge < -0.3 is 15.2 Å². The minimum Gasteiger partial charge on any atom is -0.482 e. The van der Waals surface area contributed by atoms with E-state index >= 15 is 0 Å². The van der Waals surface area contributed by atoms with Gasteiger partial charge in [-0.3, -0.25) is 9.89 Å². The normalized spacial score (nSPS) is 15.1. The van der Waals surface area contributed by atoms with Crippen molar-refractivity contribution in [2.45, 2.75) is 31.7 Å². The number of aromatic nitrogens is 2. The highest BCUT2D eigenvalue weighted by atomic mass is 16.5. The molecule has 116 valence electrons. The molecule has 7 nitrogen and oxygen atoms in total. The lowest BCUT2D eigenvalue weighted by molar-refractivity contribution is -0.123. The van der Waals surface area contributed by atoms with E-state index in [9.17, 15) is 9.59 Å². The highest BCUT2D eigenvalue weighted by Gasteiger charge is 2.18. The van der Waals surface area contributed by atoms with Crippen molar-refractivity contribution in [3.63, 3.8) is 0 Å². The van der Waals surface area contributed by atoms with Crippen molar-refractivity contribution in [2.24, 2.45) is 0 Å². The maximum Gasteiger partial charge on any atom is 0.357 e. The Morgan fingerprint density at radius 3 is 2.86 bits per heavy atom. The molecule has 1 aromatic heterocycles. The maximum absolute atomic E-state index is 11.9. The Kier molecular flexibility index (Phi) is 3.95. The first-order valence-electron chi connectivity index (χ1n) is 7.27. The number of carbonyl (C=O) groups is 2. The zero-order valence-corrected chi connectivity index (χ0v) is 12.0. The molecular formula is C15H17N3O4. The quantitative estimate of drug-likeness (QED) is 0.780. The Labute approximate surface area is 126 Å². The smallest absolute Gasteiger partial charge is 0.357 e. The number of aromatic carboxylic acids is 1. The molecule has 0 bridgehead atoms. The molecule has 22 heavy (non-hydrogen) atoms. The second kappa shape index (κ2) is 6.05. The van der Waals surface area contributed by atoms with Gasteiger partial charge in [0.2, 0.25) is 0 Å². The van der Waals surface area contributed by atoms with E-state index in [1.165, 1.54) is 0 Å². The molecule has 0 atom stereocenters. The summed E-state index contributed by atoms with van der Waals surface area (Å²) in [5.74, 6) is -0.858. The monoisotopic (exact) mass is 303 g/mol. The highest BCUT2D eigenvalue weighted by Crippen LogP contribution is 2.25. The van der Waals surface area contributed by atoms with Gasteiger partial charge in [0, 0.05) is 11.4 Å². The minimum atomic E-state index is -1.11. The summed E-state index contributed by atoms with van der Waals surface area (Å²) in [4.78, 5) is 22.9. The van der Waals surface area contributed by atoms with Crippen LogP contribution in [0.3, 0.4) is 0 Å². The van der Waals surface area contributed by atoms with Crippen molar-refractivity contribution >= 4 is 22.8 Å². The Morgan fingerprint density at radius 2 is 2.14 bits per heavy atom. The van der Waals surface area contributed by atoms with Crippen LogP contribution in [0.2, 0.25) is 0 Å². The SMILES string of the molecule is O=C(COc1cccc2c(C(=O)O)n[nH]c12)NC1CCCC1. The van der Waals surface area contributed by atoms with Crippen LogP contribution in [0.1, 0.15) is 36.2 Å². The Hall–Kier alpha value is -2.57. The third-order valence-corrected chi connectivity index (χ3v) is 3.84. The van der Waals surface area contributed by atoms with Crippen LogP contribution in [0.15, 0.2) is 18.2 Å². The first kappa shape index (κ1) is 14.4. The molecule has 3 rings (SSSR count). The summed E-state index contributed by atoms with van der Waals surface area (Å²) in [5, 5.41) is 18.9. The zero-order valence-electron chi connectivity index (χ0n) is 12.0. The molecule has 3 N–H and O–H groups in total. The number of ether oxygens (including phenoxy) is 1. The largest absolute Gasteiger partial charge is 0.482 e. The average molecular weight is 303 g/mol. The summed E-state index contributed by atoms with van der Waals surface area (Å²) in [6.07, 6.45) is 4.34. The summed E-state index contributed by atoms with van der Waals surface area (Å²) < 4.78 is 5.51. The number of aromatic amines is 1. The molecule has 0 radical (unpaired) electrons. The van der Waals surface area contributed by atoms with Crippen LogP contribution in [0.5, 0.6) is 5.75 Å². The Bertz CT molecular complexity index is 704. The predicted octanol–water partition coefficient (Wildman–Crippen LogP) is 1.70. The van der Waals surface area contributed by atoms with Gasteiger partial charge >= 0.3 is 5.97 Å². The van der Waals surface area contributed by atoms with Crippen molar-refractivity contribution in [1.29, 1.82) is 0 Å². The van der Waals surface area contributed by atoms with Gasteiger partial charge in [-0.05, 0) is 18.9 Å². The molecule has 0 spiro atoms. The lowest BCUT2D eigenvalue weighted by Gasteiger charge is -2.12. The van der Waals surface area contributed by atoms with Crippen molar-refractivity contribution < 1.29 is 19.4 Å². The van der Waals surface area contributed by atoms with Crippen molar-refractivity contribution in [1.82, 2.24) is 15.5 Å². The lowest BCUT2D eigenvalue weighted by Crippen LogP contribution is -2.36. The number of H-pyrrole nitrogens is 1. The Balaban J connectivity index is 1.68. The molecule has 0 unspecified atom stereocenters. The summed E-state index contributed by atoms with van der Waals surface area (Å²) in [7, 11) is 0. The molecule has 2 aromatic rings. The van der Waals surface area contributed by atoms with Gasteiger partial charge in [0.05, 0.1) is 0 Å². The van der Waals surface area contributed by atoms with Crippen LogP contribution in [0, 0.1) is 0 Å². The second-order valence-corrected chi connectivity index (χ2v) is 5.39.